The van der Waals surface area contributed by atoms with Crippen LogP contribution >= 0.6 is 0 Å². The summed E-state index contributed by atoms with van der Waals surface area (Å²) >= 11 is 0. The van der Waals surface area contributed by atoms with E-state index in [9.17, 15) is 0 Å². The summed E-state index contributed by atoms with van der Waals surface area (Å²) in [5.41, 5.74) is 9.93. The number of hydrogen-bond acceptors (Lipinski definition) is 1. The first-order chi connectivity index (χ1) is 15.1. The third-order valence-corrected chi connectivity index (χ3v) is 5.92. The molecule has 1 nitrogen and oxygen atoms in total. The van der Waals surface area contributed by atoms with Gasteiger partial charge in [-0.2, -0.15) is 0 Å². The SMILES string of the molecule is C/C=C\c1c(C)c(C)c(/C=C\C)c2cc(Nc3ccc(-c4ccccc4)cc3)ccc12. The van der Waals surface area contributed by atoms with Crippen LogP contribution in [-0.2, 0) is 0 Å². The molecule has 0 bridgehead atoms. The first kappa shape index (κ1) is 20.7. The molecular weight excluding hydrogens is 374 g/mol. The van der Waals surface area contributed by atoms with Gasteiger partial charge in [0.25, 0.3) is 0 Å². The molecule has 0 atom stereocenters. The van der Waals surface area contributed by atoms with E-state index in [1.54, 1.807) is 0 Å². The maximum Gasteiger partial charge on any atom is 0.0390 e. The zero-order valence-corrected chi connectivity index (χ0v) is 18.7. The van der Waals surface area contributed by atoms with Crippen molar-refractivity contribution in [3.05, 3.63) is 107 Å². The van der Waals surface area contributed by atoms with Crippen molar-refractivity contribution in [1.29, 1.82) is 0 Å². The van der Waals surface area contributed by atoms with Crippen molar-refractivity contribution in [3.8, 4) is 11.1 Å². The van der Waals surface area contributed by atoms with Gasteiger partial charge in [-0.05, 0) is 96.1 Å². The normalized spacial score (nSPS) is 11.6. The molecule has 1 N–H and O–H groups in total. The Hall–Kier alpha value is -3.58. The molecule has 0 unspecified atom stereocenters. The van der Waals surface area contributed by atoms with Crippen LogP contribution in [0.15, 0.2) is 84.9 Å². The average Bonchev–Trinajstić information content (AvgIpc) is 2.81. The van der Waals surface area contributed by atoms with Gasteiger partial charge in [0.1, 0.15) is 0 Å². The zero-order valence-electron chi connectivity index (χ0n) is 18.7. The Bertz CT molecular complexity index is 1260. The molecule has 1 heteroatoms. The van der Waals surface area contributed by atoms with Crippen LogP contribution in [0, 0.1) is 13.8 Å². The van der Waals surface area contributed by atoms with Crippen LogP contribution in [0.4, 0.5) is 11.4 Å². The lowest BCUT2D eigenvalue weighted by Crippen LogP contribution is -1.96. The van der Waals surface area contributed by atoms with Crippen molar-refractivity contribution < 1.29 is 0 Å². The molecular formula is C30H29N. The van der Waals surface area contributed by atoms with Gasteiger partial charge in [0.2, 0.25) is 0 Å². The molecule has 0 aliphatic rings. The average molecular weight is 404 g/mol. The summed E-state index contributed by atoms with van der Waals surface area (Å²) in [5, 5.41) is 6.16. The Balaban J connectivity index is 1.73. The smallest absolute Gasteiger partial charge is 0.0390 e. The van der Waals surface area contributed by atoms with Crippen LogP contribution in [0.1, 0.15) is 36.1 Å². The van der Waals surface area contributed by atoms with Gasteiger partial charge >= 0.3 is 0 Å². The predicted molar refractivity (Wildman–Crippen MR) is 138 cm³/mol. The topological polar surface area (TPSA) is 12.0 Å². The summed E-state index contributed by atoms with van der Waals surface area (Å²) in [7, 11) is 0. The van der Waals surface area contributed by atoms with Crippen LogP contribution < -0.4 is 5.32 Å². The fourth-order valence-electron chi connectivity index (χ4n) is 4.19. The molecule has 4 aromatic carbocycles. The van der Waals surface area contributed by atoms with E-state index in [0.29, 0.717) is 0 Å². The maximum atomic E-state index is 3.59. The number of anilines is 2. The minimum absolute atomic E-state index is 1.09. The lowest BCUT2D eigenvalue weighted by atomic mass is 9.89. The van der Waals surface area contributed by atoms with Crippen molar-refractivity contribution in [2.24, 2.45) is 0 Å². The van der Waals surface area contributed by atoms with E-state index in [1.165, 1.54) is 44.2 Å². The summed E-state index contributed by atoms with van der Waals surface area (Å²) in [6.45, 7) is 8.60. The Morgan fingerprint density at radius 3 is 1.74 bits per heavy atom. The monoisotopic (exact) mass is 403 g/mol. The molecule has 0 saturated heterocycles. The molecule has 0 saturated carbocycles. The Kier molecular flexibility index (Phi) is 6.04. The lowest BCUT2D eigenvalue weighted by molar-refractivity contribution is 1.33. The third kappa shape index (κ3) is 4.18. The first-order valence-corrected chi connectivity index (χ1v) is 10.9. The van der Waals surface area contributed by atoms with E-state index in [1.807, 2.05) is 6.07 Å². The maximum absolute atomic E-state index is 3.59. The second-order valence-corrected chi connectivity index (χ2v) is 7.91. The fourth-order valence-corrected chi connectivity index (χ4v) is 4.19. The quantitative estimate of drug-likeness (QED) is 0.351. The number of hydrogen-bond donors (Lipinski definition) is 1. The number of allylic oxidation sites excluding steroid dienone is 2. The Morgan fingerprint density at radius 2 is 1.13 bits per heavy atom. The Morgan fingerprint density at radius 1 is 0.581 bits per heavy atom. The molecule has 0 spiro atoms. The van der Waals surface area contributed by atoms with E-state index in [-0.39, 0.29) is 0 Å². The molecule has 154 valence electrons. The van der Waals surface area contributed by atoms with Crippen LogP contribution in [-0.4, -0.2) is 0 Å². The highest BCUT2D eigenvalue weighted by atomic mass is 14.9. The molecule has 31 heavy (non-hydrogen) atoms. The van der Waals surface area contributed by atoms with Gasteiger partial charge in [-0.1, -0.05) is 72.8 Å². The van der Waals surface area contributed by atoms with Gasteiger partial charge in [0, 0.05) is 11.4 Å². The van der Waals surface area contributed by atoms with Crippen molar-refractivity contribution >= 4 is 34.3 Å². The second-order valence-electron chi connectivity index (χ2n) is 7.91. The largest absolute Gasteiger partial charge is 0.356 e. The summed E-state index contributed by atoms with van der Waals surface area (Å²) in [6.07, 6.45) is 8.69. The van der Waals surface area contributed by atoms with Crippen molar-refractivity contribution in [2.45, 2.75) is 27.7 Å². The highest BCUT2D eigenvalue weighted by Gasteiger charge is 2.12. The van der Waals surface area contributed by atoms with E-state index < -0.39 is 0 Å². The predicted octanol–water partition coefficient (Wildman–Crippen LogP) is 8.93. The van der Waals surface area contributed by atoms with Gasteiger partial charge in [-0.15, -0.1) is 0 Å². The van der Waals surface area contributed by atoms with Crippen LogP contribution in [0.5, 0.6) is 0 Å². The molecule has 0 fully saturated rings. The number of nitrogens with one attached hydrogen (secondary N) is 1. The summed E-state index contributed by atoms with van der Waals surface area (Å²) < 4.78 is 0. The van der Waals surface area contributed by atoms with Crippen molar-refractivity contribution in [2.75, 3.05) is 5.32 Å². The van der Waals surface area contributed by atoms with E-state index in [4.69, 9.17) is 0 Å². The number of benzene rings is 4. The minimum Gasteiger partial charge on any atom is -0.356 e. The molecule has 0 radical (unpaired) electrons. The lowest BCUT2D eigenvalue weighted by Gasteiger charge is -2.17. The summed E-state index contributed by atoms with van der Waals surface area (Å²) in [4.78, 5) is 0. The van der Waals surface area contributed by atoms with Gasteiger partial charge in [0.15, 0.2) is 0 Å². The van der Waals surface area contributed by atoms with Crippen LogP contribution in [0.2, 0.25) is 0 Å². The molecule has 4 aromatic rings. The Labute approximate surface area is 185 Å². The van der Waals surface area contributed by atoms with E-state index >= 15 is 0 Å². The van der Waals surface area contributed by atoms with E-state index in [0.717, 1.165) is 11.4 Å². The summed E-state index contributed by atoms with van der Waals surface area (Å²) in [5.74, 6) is 0. The zero-order chi connectivity index (χ0) is 21.8. The van der Waals surface area contributed by atoms with Crippen LogP contribution in [0.3, 0.4) is 0 Å². The van der Waals surface area contributed by atoms with Gasteiger partial charge < -0.3 is 5.32 Å². The summed E-state index contributed by atoms with van der Waals surface area (Å²) in [6, 6.07) is 25.8. The van der Waals surface area contributed by atoms with Crippen molar-refractivity contribution in [3.63, 3.8) is 0 Å². The first-order valence-electron chi connectivity index (χ1n) is 10.9. The molecule has 0 aliphatic heterocycles. The second kappa shape index (κ2) is 9.06. The number of rotatable bonds is 5. The molecule has 0 aromatic heterocycles. The van der Waals surface area contributed by atoms with E-state index in [2.05, 4.69) is 124 Å². The highest BCUT2D eigenvalue weighted by Crippen LogP contribution is 2.34. The molecule has 0 aliphatic carbocycles. The van der Waals surface area contributed by atoms with Crippen molar-refractivity contribution in [1.82, 2.24) is 0 Å². The fraction of sp³-hybridized carbons (Fsp3) is 0.133. The van der Waals surface area contributed by atoms with Gasteiger partial charge in [-0.3, -0.25) is 0 Å². The molecule has 0 heterocycles. The molecule has 0 amide bonds. The third-order valence-electron chi connectivity index (χ3n) is 5.92. The molecule has 4 rings (SSSR count). The van der Waals surface area contributed by atoms with Gasteiger partial charge in [0.05, 0.1) is 0 Å². The standard InChI is InChI=1S/C30H29N/c1-5-10-27-21(3)22(4)28(11-6-2)30-20-26(18-19-29(27)30)31-25-16-14-24(15-17-25)23-12-8-7-9-13-23/h5-20,31H,1-4H3/b10-5-,11-6-. The number of fused-ring (bicyclic) bond motifs is 1. The van der Waals surface area contributed by atoms with Crippen LogP contribution in [0.25, 0.3) is 34.1 Å². The minimum atomic E-state index is 1.09. The van der Waals surface area contributed by atoms with Gasteiger partial charge in [-0.25, -0.2) is 0 Å². The highest BCUT2D eigenvalue weighted by molar-refractivity contribution is 6.00.